The molecule has 1 aromatic heterocycles. The summed E-state index contributed by atoms with van der Waals surface area (Å²) in [6.45, 7) is 1.37. The first-order valence-corrected chi connectivity index (χ1v) is 6.66. The fourth-order valence-corrected chi connectivity index (χ4v) is 2.59. The average molecular weight is 272 g/mol. The summed E-state index contributed by atoms with van der Waals surface area (Å²) in [7, 11) is 0. The molecule has 2 aromatic rings. The standard InChI is InChI=1S/C14H16N4O2/c19-14(20)13-9-18(17-16-13)6-5-15-12-7-10-3-1-2-4-11(10)8-12/h1-4,9,12,15H,5-8H2,(H,19,20). The molecule has 1 aliphatic rings. The van der Waals surface area contributed by atoms with E-state index in [1.807, 2.05) is 0 Å². The van der Waals surface area contributed by atoms with Crippen molar-refractivity contribution in [1.29, 1.82) is 0 Å². The Bertz CT molecular complexity index is 598. The molecule has 0 saturated heterocycles. The largest absolute Gasteiger partial charge is 0.476 e. The zero-order chi connectivity index (χ0) is 13.9. The van der Waals surface area contributed by atoms with Crippen molar-refractivity contribution in [2.75, 3.05) is 6.54 Å². The van der Waals surface area contributed by atoms with Crippen molar-refractivity contribution in [1.82, 2.24) is 20.3 Å². The van der Waals surface area contributed by atoms with E-state index in [0.717, 1.165) is 19.4 Å². The normalized spacial score (nSPS) is 14.4. The Hall–Kier alpha value is -2.21. The van der Waals surface area contributed by atoms with Gasteiger partial charge in [0.15, 0.2) is 5.69 Å². The van der Waals surface area contributed by atoms with E-state index in [0.29, 0.717) is 12.6 Å². The summed E-state index contributed by atoms with van der Waals surface area (Å²) in [5.74, 6) is -1.05. The number of hydrogen-bond donors (Lipinski definition) is 2. The third-order valence-corrected chi connectivity index (χ3v) is 3.58. The maximum absolute atomic E-state index is 10.7. The van der Waals surface area contributed by atoms with Gasteiger partial charge in [-0.05, 0) is 24.0 Å². The summed E-state index contributed by atoms with van der Waals surface area (Å²) < 4.78 is 1.55. The molecule has 104 valence electrons. The Labute approximate surface area is 116 Å². The van der Waals surface area contributed by atoms with Gasteiger partial charge in [0.2, 0.25) is 0 Å². The molecule has 0 unspecified atom stereocenters. The summed E-state index contributed by atoms with van der Waals surface area (Å²) >= 11 is 0. The maximum atomic E-state index is 10.7. The third kappa shape index (κ3) is 2.70. The number of benzene rings is 1. The summed E-state index contributed by atoms with van der Waals surface area (Å²) in [4.78, 5) is 10.7. The highest BCUT2D eigenvalue weighted by Crippen LogP contribution is 2.21. The second-order valence-electron chi connectivity index (χ2n) is 5.00. The molecule has 3 rings (SSSR count). The number of aromatic carboxylic acids is 1. The molecule has 1 heterocycles. The van der Waals surface area contributed by atoms with Crippen molar-refractivity contribution in [2.45, 2.75) is 25.4 Å². The van der Waals surface area contributed by atoms with E-state index in [9.17, 15) is 4.79 Å². The van der Waals surface area contributed by atoms with Crippen molar-refractivity contribution < 1.29 is 9.90 Å². The lowest BCUT2D eigenvalue weighted by Crippen LogP contribution is -2.32. The lowest BCUT2D eigenvalue weighted by atomic mass is 10.1. The van der Waals surface area contributed by atoms with Gasteiger partial charge < -0.3 is 10.4 Å². The molecule has 0 fully saturated rings. The summed E-state index contributed by atoms with van der Waals surface area (Å²) in [5, 5.41) is 19.6. The quantitative estimate of drug-likeness (QED) is 0.839. The van der Waals surface area contributed by atoms with Gasteiger partial charge in [0.1, 0.15) is 0 Å². The van der Waals surface area contributed by atoms with Crippen LogP contribution in [-0.4, -0.2) is 38.7 Å². The average Bonchev–Trinajstić information content (AvgIpc) is 3.04. The monoisotopic (exact) mass is 272 g/mol. The van der Waals surface area contributed by atoms with Gasteiger partial charge in [-0.3, -0.25) is 4.68 Å². The van der Waals surface area contributed by atoms with Crippen LogP contribution in [0.15, 0.2) is 30.5 Å². The fraction of sp³-hybridized carbons (Fsp3) is 0.357. The van der Waals surface area contributed by atoms with Gasteiger partial charge in [-0.2, -0.15) is 0 Å². The predicted molar refractivity (Wildman–Crippen MR) is 72.6 cm³/mol. The molecule has 20 heavy (non-hydrogen) atoms. The van der Waals surface area contributed by atoms with E-state index in [1.165, 1.54) is 17.3 Å². The van der Waals surface area contributed by atoms with Crippen LogP contribution in [0.1, 0.15) is 21.6 Å². The van der Waals surface area contributed by atoms with E-state index < -0.39 is 5.97 Å². The zero-order valence-electron chi connectivity index (χ0n) is 11.0. The molecular formula is C14H16N4O2. The first-order valence-electron chi connectivity index (χ1n) is 6.66. The highest BCUT2D eigenvalue weighted by molar-refractivity contribution is 5.84. The van der Waals surface area contributed by atoms with Crippen molar-refractivity contribution in [2.24, 2.45) is 0 Å². The minimum Gasteiger partial charge on any atom is -0.476 e. The summed E-state index contributed by atoms with van der Waals surface area (Å²) in [6, 6.07) is 8.95. The van der Waals surface area contributed by atoms with Crippen molar-refractivity contribution in [3.63, 3.8) is 0 Å². The van der Waals surface area contributed by atoms with Crippen LogP contribution in [0, 0.1) is 0 Å². The van der Waals surface area contributed by atoms with Crippen molar-refractivity contribution in [3.05, 3.63) is 47.3 Å². The van der Waals surface area contributed by atoms with Crippen molar-refractivity contribution in [3.8, 4) is 0 Å². The lowest BCUT2D eigenvalue weighted by molar-refractivity contribution is 0.0690. The van der Waals surface area contributed by atoms with E-state index in [4.69, 9.17) is 5.11 Å². The molecule has 0 radical (unpaired) electrons. The van der Waals surface area contributed by atoms with Gasteiger partial charge in [-0.25, -0.2) is 4.79 Å². The van der Waals surface area contributed by atoms with E-state index in [-0.39, 0.29) is 5.69 Å². The van der Waals surface area contributed by atoms with Crippen molar-refractivity contribution >= 4 is 5.97 Å². The Kier molecular flexibility index (Phi) is 3.47. The van der Waals surface area contributed by atoms with Crippen LogP contribution in [0.3, 0.4) is 0 Å². The summed E-state index contributed by atoms with van der Waals surface area (Å²) in [6.07, 6.45) is 3.55. The second-order valence-corrected chi connectivity index (χ2v) is 5.00. The van der Waals surface area contributed by atoms with Crippen LogP contribution in [-0.2, 0) is 19.4 Å². The van der Waals surface area contributed by atoms with Gasteiger partial charge in [0.25, 0.3) is 0 Å². The molecule has 0 aliphatic heterocycles. The molecule has 0 spiro atoms. The molecule has 1 aromatic carbocycles. The number of rotatable bonds is 5. The van der Waals surface area contributed by atoms with Gasteiger partial charge in [-0.15, -0.1) is 5.10 Å². The number of hydrogen-bond acceptors (Lipinski definition) is 4. The van der Waals surface area contributed by atoms with Crippen LogP contribution in [0.4, 0.5) is 0 Å². The number of carboxylic acid groups (broad SMARTS) is 1. The number of carbonyl (C=O) groups is 1. The first kappa shape index (κ1) is 12.8. The Morgan fingerprint density at radius 3 is 2.65 bits per heavy atom. The molecule has 6 heteroatoms. The van der Waals surface area contributed by atoms with Crippen LogP contribution < -0.4 is 5.32 Å². The molecule has 1 aliphatic carbocycles. The van der Waals surface area contributed by atoms with Gasteiger partial charge >= 0.3 is 5.97 Å². The van der Waals surface area contributed by atoms with Crippen LogP contribution in [0.2, 0.25) is 0 Å². The Morgan fingerprint density at radius 2 is 2.05 bits per heavy atom. The van der Waals surface area contributed by atoms with E-state index >= 15 is 0 Å². The van der Waals surface area contributed by atoms with E-state index in [1.54, 1.807) is 4.68 Å². The Balaban J connectivity index is 1.48. The highest BCUT2D eigenvalue weighted by atomic mass is 16.4. The molecule has 0 saturated carbocycles. The van der Waals surface area contributed by atoms with Gasteiger partial charge in [0, 0.05) is 12.6 Å². The first-order chi connectivity index (χ1) is 9.72. The molecule has 6 nitrogen and oxygen atoms in total. The van der Waals surface area contributed by atoms with Crippen LogP contribution in [0.25, 0.3) is 0 Å². The summed E-state index contributed by atoms with van der Waals surface area (Å²) in [5.41, 5.74) is 2.82. The SMILES string of the molecule is O=C(O)c1cn(CCNC2Cc3ccccc3C2)nn1. The topological polar surface area (TPSA) is 80.0 Å². The molecular weight excluding hydrogens is 256 g/mol. The van der Waals surface area contributed by atoms with Gasteiger partial charge in [0.05, 0.1) is 12.7 Å². The minimum atomic E-state index is -1.05. The molecule has 0 bridgehead atoms. The number of carboxylic acids is 1. The number of nitrogens with one attached hydrogen (secondary N) is 1. The van der Waals surface area contributed by atoms with Gasteiger partial charge in [-0.1, -0.05) is 29.5 Å². The smallest absolute Gasteiger partial charge is 0.358 e. The van der Waals surface area contributed by atoms with E-state index in [2.05, 4.69) is 39.9 Å². The predicted octanol–water partition coefficient (Wildman–Crippen LogP) is 0.733. The maximum Gasteiger partial charge on any atom is 0.358 e. The molecule has 0 amide bonds. The zero-order valence-corrected chi connectivity index (χ0v) is 11.0. The number of nitrogens with zero attached hydrogens (tertiary/aromatic N) is 3. The lowest BCUT2D eigenvalue weighted by Gasteiger charge is -2.11. The molecule has 2 N–H and O–H groups in total. The molecule has 0 atom stereocenters. The number of aromatic nitrogens is 3. The highest BCUT2D eigenvalue weighted by Gasteiger charge is 2.19. The Morgan fingerprint density at radius 1 is 1.35 bits per heavy atom. The number of fused-ring (bicyclic) bond motifs is 1. The minimum absolute atomic E-state index is 0.0155. The van der Waals surface area contributed by atoms with Crippen LogP contribution in [0.5, 0.6) is 0 Å². The third-order valence-electron chi connectivity index (χ3n) is 3.58. The fourth-order valence-electron chi connectivity index (χ4n) is 2.59. The second kappa shape index (κ2) is 5.42. The van der Waals surface area contributed by atoms with Crippen LogP contribution >= 0.6 is 0 Å².